The Hall–Kier alpha value is -1.56. The molecule has 2 nitrogen and oxygen atoms in total. The van der Waals surface area contributed by atoms with Crippen molar-refractivity contribution in [1.82, 2.24) is 4.98 Å². The Bertz CT molecular complexity index is 532. The molecule has 2 rings (SSSR count). The van der Waals surface area contributed by atoms with E-state index in [0.29, 0.717) is 5.52 Å². The van der Waals surface area contributed by atoms with Crippen molar-refractivity contribution in [2.24, 2.45) is 0 Å². The molecule has 1 heterocycles. The molecule has 6 heteroatoms. The molecule has 0 aliphatic rings. The summed E-state index contributed by atoms with van der Waals surface area (Å²) in [5.41, 5.74) is 0.525. The van der Waals surface area contributed by atoms with Crippen molar-refractivity contribution in [1.29, 1.82) is 0 Å². The molecule has 2 aromatic rings. The summed E-state index contributed by atoms with van der Waals surface area (Å²) in [6, 6.07) is 4.18. The Labute approximate surface area is 93.9 Å². The molecule has 0 amide bonds. The van der Waals surface area contributed by atoms with Crippen LogP contribution in [0.2, 0.25) is 0 Å². The number of aromatic amines is 1. The van der Waals surface area contributed by atoms with Gasteiger partial charge in [0.1, 0.15) is 5.82 Å². The fourth-order valence-corrected chi connectivity index (χ4v) is 1.69. The summed E-state index contributed by atoms with van der Waals surface area (Å²) in [6.45, 7) is 0. The van der Waals surface area contributed by atoms with Gasteiger partial charge >= 0.3 is 6.18 Å². The lowest BCUT2D eigenvalue weighted by Crippen LogP contribution is -2.30. The van der Waals surface area contributed by atoms with Crippen LogP contribution in [0.1, 0.15) is 5.56 Å². The summed E-state index contributed by atoms with van der Waals surface area (Å²) >= 11 is 0. The van der Waals surface area contributed by atoms with Gasteiger partial charge in [-0.3, -0.25) is 0 Å². The molecule has 1 aromatic heterocycles. The number of hydrogen-bond acceptors (Lipinski definition) is 1. The first-order chi connectivity index (χ1) is 7.89. The van der Waals surface area contributed by atoms with Gasteiger partial charge < -0.3 is 10.1 Å². The second-order valence-corrected chi connectivity index (χ2v) is 3.74. The van der Waals surface area contributed by atoms with Crippen molar-refractivity contribution < 1.29 is 22.7 Å². The van der Waals surface area contributed by atoms with E-state index in [-0.39, 0.29) is 10.9 Å². The third kappa shape index (κ3) is 2.26. The molecule has 0 saturated heterocycles. The van der Waals surface area contributed by atoms with Crippen LogP contribution < -0.4 is 0 Å². The minimum Gasteiger partial charge on any atom is -0.383 e. The third-order valence-corrected chi connectivity index (χ3v) is 2.53. The monoisotopic (exact) mass is 247 g/mol. The van der Waals surface area contributed by atoms with Gasteiger partial charge in [0, 0.05) is 23.5 Å². The minimum absolute atomic E-state index is 0.0933. The van der Waals surface area contributed by atoms with Gasteiger partial charge in [0.05, 0.1) is 0 Å². The molecule has 0 bridgehead atoms. The van der Waals surface area contributed by atoms with Crippen LogP contribution in [0.4, 0.5) is 17.6 Å². The fourth-order valence-electron chi connectivity index (χ4n) is 1.69. The number of aliphatic hydroxyl groups excluding tert-OH is 1. The summed E-state index contributed by atoms with van der Waals surface area (Å²) in [6.07, 6.45) is -6.57. The topological polar surface area (TPSA) is 36.0 Å². The number of aromatic nitrogens is 1. The Balaban J connectivity index is 2.37. The summed E-state index contributed by atoms with van der Waals surface area (Å²) in [4.78, 5) is 2.67. The molecule has 0 aliphatic carbocycles. The van der Waals surface area contributed by atoms with Crippen LogP contribution in [0.5, 0.6) is 0 Å². The van der Waals surface area contributed by atoms with E-state index in [1.807, 2.05) is 0 Å². The molecule has 17 heavy (non-hydrogen) atoms. The van der Waals surface area contributed by atoms with Crippen molar-refractivity contribution in [3.8, 4) is 0 Å². The zero-order valence-corrected chi connectivity index (χ0v) is 8.55. The van der Waals surface area contributed by atoms with Gasteiger partial charge in [0.25, 0.3) is 0 Å². The predicted molar refractivity (Wildman–Crippen MR) is 54.0 cm³/mol. The number of hydrogen-bond donors (Lipinski definition) is 2. The third-order valence-electron chi connectivity index (χ3n) is 2.53. The first-order valence-corrected chi connectivity index (χ1v) is 4.89. The molecule has 92 valence electrons. The number of aliphatic hydroxyl groups is 1. The van der Waals surface area contributed by atoms with Crippen LogP contribution in [-0.2, 0) is 6.42 Å². The molecule has 0 spiro atoms. The van der Waals surface area contributed by atoms with Crippen molar-refractivity contribution in [3.05, 3.63) is 35.8 Å². The van der Waals surface area contributed by atoms with Gasteiger partial charge in [-0.25, -0.2) is 4.39 Å². The second kappa shape index (κ2) is 4.03. The van der Waals surface area contributed by atoms with E-state index in [9.17, 15) is 17.6 Å². The zero-order valence-electron chi connectivity index (χ0n) is 8.55. The maximum atomic E-state index is 13.4. The standard InChI is InChI=1S/C11H9F4NO/c12-7-2-1-3-8-10(7)6(5-16-8)4-9(17)11(13,14)15/h1-3,5,9,16-17H,4H2. The normalized spacial score (nSPS) is 14.2. The Morgan fingerprint density at radius 2 is 2.00 bits per heavy atom. The van der Waals surface area contributed by atoms with Crippen molar-refractivity contribution in [2.45, 2.75) is 18.7 Å². The van der Waals surface area contributed by atoms with E-state index in [0.717, 1.165) is 0 Å². The van der Waals surface area contributed by atoms with Crippen LogP contribution >= 0.6 is 0 Å². The number of fused-ring (bicyclic) bond motifs is 1. The molecule has 0 radical (unpaired) electrons. The van der Waals surface area contributed by atoms with E-state index in [4.69, 9.17) is 5.11 Å². The SMILES string of the molecule is OC(Cc1c[nH]c2cccc(F)c12)C(F)(F)F. The molecule has 1 unspecified atom stereocenters. The summed E-state index contributed by atoms with van der Waals surface area (Å²) in [7, 11) is 0. The molecule has 0 fully saturated rings. The highest BCUT2D eigenvalue weighted by Gasteiger charge is 2.38. The van der Waals surface area contributed by atoms with E-state index >= 15 is 0 Å². The molecule has 2 N–H and O–H groups in total. The number of rotatable bonds is 2. The van der Waals surface area contributed by atoms with Gasteiger partial charge in [-0.2, -0.15) is 13.2 Å². The summed E-state index contributed by atoms with van der Waals surface area (Å²) < 4.78 is 50.0. The van der Waals surface area contributed by atoms with E-state index in [1.165, 1.54) is 18.3 Å². The van der Waals surface area contributed by atoms with Crippen molar-refractivity contribution in [2.75, 3.05) is 0 Å². The Morgan fingerprint density at radius 1 is 1.29 bits per heavy atom. The number of alkyl halides is 3. The predicted octanol–water partition coefficient (Wildman–Crippen LogP) is 2.77. The highest BCUT2D eigenvalue weighted by molar-refractivity contribution is 5.83. The zero-order chi connectivity index (χ0) is 12.6. The number of nitrogens with one attached hydrogen (secondary N) is 1. The molecule has 0 aliphatic heterocycles. The van der Waals surface area contributed by atoms with Gasteiger partial charge in [-0.1, -0.05) is 6.07 Å². The van der Waals surface area contributed by atoms with Crippen LogP contribution in [-0.4, -0.2) is 22.4 Å². The average molecular weight is 247 g/mol. The second-order valence-electron chi connectivity index (χ2n) is 3.74. The molecule has 1 atom stereocenters. The quantitative estimate of drug-likeness (QED) is 0.786. The minimum atomic E-state index is -4.70. The van der Waals surface area contributed by atoms with Crippen LogP contribution in [0, 0.1) is 5.82 Å². The van der Waals surface area contributed by atoms with Crippen molar-refractivity contribution in [3.63, 3.8) is 0 Å². The number of halogens is 4. The molecular formula is C11H9F4NO. The summed E-state index contributed by atoms with van der Waals surface area (Å²) in [5, 5.41) is 9.04. The lowest BCUT2D eigenvalue weighted by atomic mass is 10.1. The first-order valence-electron chi connectivity index (χ1n) is 4.89. The molecule has 1 aromatic carbocycles. The van der Waals surface area contributed by atoms with E-state index < -0.39 is 24.5 Å². The fraction of sp³-hybridized carbons (Fsp3) is 0.273. The largest absolute Gasteiger partial charge is 0.414 e. The molecule has 0 saturated carbocycles. The highest BCUT2D eigenvalue weighted by atomic mass is 19.4. The maximum Gasteiger partial charge on any atom is 0.414 e. The van der Waals surface area contributed by atoms with Gasteiger partial charge in [-0.05, 0) is 17.7 Å². The van der Waals surface area contributed by atoms with Crippen LogP contribution in [0.25, 0.3) is 10.9 Å². The van der Waals surface area contributed by atoms with E-state index in [1.54, 1.807) is 6.07 Å². The lowest BCUT2D eigenvalue weighted by Gasteiger charge is -2.13. The van der Waals surface area contributed by atoms with Crippen molar-refractivity contribution >= 4 is 10.9 Å². The maximum absolute atomic E-state index is 13.4. The molecular weight excluding hydrogens is 238 g/mol. The van der Waals surface area contributed by atoms with Crippen LogP contribution in [0.15, 0.2) is 24.4 Å². The van der Waals surface area contributed by atoms with Crippen LogP contribution in [0.3, 0.4) is 0 Å². The summed E-state index contributed by atoms with van der Waals surface area (Å²) in [5.74, 6) is -0.604. The lowest BCUT2D eigenvalue weighted by molar-refractivity contribution is -0.202. The van der Waals surface area contributed by atoms with Gasteiger partial charge in [0.15, 0.2) is 6.10 Å². The number of H-pyrrole nitrogens is 1. The number of benzene rings is 1. The smallest absolute Gasteiger partial charge is 0.383 e. The highest BCUT2D eigenvalue weighted by Crippen LogP contribution is 2.27. The van der Waals surface area contributed by atoms with Gasteiger partial charge in [0.2, 0.25) is 0 Å². The van der Waals surface area contributed by atoms with Gasteiger partial charge in [-0.15, -0.1) is 0 Å². The van der Waals surface area contributed by atoms with E-state index in [2.05, 4.69) is 4.98 Å². The Kier molecular flexibility index (Phi) is 2.82. The first kappa shape index (κ1) is 11.9. The Morgan fingerprint density at radius 3 is 2.65 bits per heavy atom. The average Bonchev–Trinajstić information content (AvgIpc) is 2.61.